The summed E-state index contributed by atoms with van der Waals surface area (Å²) >= 11 is 1.58. The van der Waals surface area contributed by atoms with E-state index in [0.29, 0.717) is 18.3 Å². The van der Waals surface area contributed by atoms with Crippen molar-refractivity contribution in [1.82, 2.24) is 20.1 Å². The van der Waals surface area contributed by atoms with E-state index in [1.807, 2.05) is 11.4 Å². The van der Waals surface area contributed by atoms with Gasteiger partial charge in [0.25, 0.3) is 0 Å². The minimum absolute atomic E-state index is 0.461. The van der Waals surface area contributed by atoms with Crippen molar-refractivity contribution in [3.05, 3.63) is 29.5 Å². The number of thiophene rings is 1. The summed E-state index contributed by atoms with van der Waals surface area (Å²) < 4.78 is 5.02. The van der Waals surface area contributed by atoms with Crippen LogP contribution in [0.25, 0.3) is 10.2 Å². The highest BCUT2D eigenvalue weighted by atomic mass is 32.1. The van der Waals surface area contributed by atoms with Gasteiger partial charge in [0.2, 0.25) is 5.89 Å². The molecule has 0 atom stereocenters. The van der Waals surface area contributed by atoms with Crippen LogP contribution in [-0.4, -0.2) is 20.1 Å². The monoisotopic (exact) mass is 247 g/mol. The third kappa shape index (κ3) is 1.96. The van der Waals surface area contributed by atoms with E-state index in [4.69, 9.17) is 4.52 Å². The highest BCUT2D eigenvalue weighted by molar-refractivity contribution is 7.16. The molecule has 0 spiro atoms. The average Bonchev–Trinajstić information content (AvgIpc) is 2.94. The van der Waals surface area contributed by atoms with Gasteiger partial charge in [0.05, 0.1) is 11.9 Å². The Labute approximate surface area is 101 Å². The van der Waals surface area contributed by atoms with Crippen molar-refractivity contribution >= 4 is 27.4 Å². The van der Waals surface area contributed by atoms with E-state index >= 15 is 0 Å². The van der Waals surface area contributed by atoms with Crippen molar-refractivity contribution in [2.24, 2.45) is 0 Å². The first-order chi connectivity index (χ1) is 8.33. The Morgan fingerprint density at radius 3 is 3.18 bits per heavy atom. The summed E-state index contributed by atoms with van der Waals surface area (Å²) in [6.45, 7) is 2.25. The molecule has 0 saturated carbocycles. The number of fused-ring (bicyclic) bond motifs is 1. The molecule has 0 aliphatic heterocycles. The first-order valence-corrected chi connectivity index (χ1v) is 5.92. The molecule has 6 nitrogen and oxygen atoms in total. The largest absolute Gasteiger partial charge is 0.360 e. The summed E-state index contributed by atoms with van der Waals surface area (Å²) in [5.74, 6) is 1.96. The first kappa shape index (κ1) is 10.2. The Kier molecular flexibility index (Phi) is 2.45. The van der Waals surface area contributed by atoms with Crippen molar-refractivity contribution in [3.8, 4) is 0 Å². The lowest BCUT2D eigenvalue weighted by molar-refractivity contribution is 0.379. The van der Waals surface area contributed by atoms with Crippen molar-refractivity contribution in [3.63, 3.8) is 0 Å². The van der Waals surface area contributed by atoms with Gasteiger partial charge in [0, 0.05) is 0 Å². The van der Waals surface area contributed by atoms with Crippen LogP contribution in [0.5, 0.6) is 0 Å². The smallest absolute Gasteiger partial charge is 0.245 e. The van der Waals surface area contributed by atoms with Crippen LogP contribution >= 0.6 is 11.3 Å². The number of nitrogens with one attached hydrogen (secondary N) is 1. The van der Waals surface area contributed by atoms with Gasteiger partial charge < -0.3 is 9.84 Å². The Hall–Kier alpha value is -2.02. The van der Waals surface area contributed by atoms with Gasteiger partial charge in [-0.2, -0.15) is 4.98 Å². The summed E-state index contributed by atoms with van der Waals surface area (Å²) in [6, 6.07) is 1.99. The molecule has 0 aliphatic rings. The van der Waals surface area contributed by atoms with E-state index in [1.165, 1.54) is 0 Å². The third-order valence-corrected chi connectivity index (χ3v) is 3.06. The average molecular weight is 247 g/mol. The molecule has 0 saturated heterocycles. The highest BCUT2D eigenvalue weighted by Crippen LogP contribution is 2.23. The molecule has 0 aliphatic carbocycles. The Balaban J connectivity index is 1.83. The lowest BCUT2D eigenvalue weighted by atomic mass is 10.4. The maximum Gasteiger partial charge on any atom is 0.245 e. The minimum Gasteiger partial charge on any atom is -0.360 e. The molecule has 7 heteroatoms. The summed E-state index contributed by atoms with van der Waals surface area (Å²) in [4.78, 5) is 13.4. The Bertz CT molecular complexity index is 647. The maximum atomic E-state index is 5.02. The lowest BCUT2D eigenvalue weighted by Crippen LogP contribution is -2.02. The molecule has 3 heterocycles. The number of anilines is 1. The van der Waals surface area contributed by atoms with Crippen molar-refractivity contribution in [2.45, 2.75) is 13.5 Å². The van der Waals surface area contributed by atoms with Gasteiger partial charge in [-0.25, -0.2) is 9.97 Å². The normalized spacial score (nSPS) is 10.9. The fraction of sp³-hybridized carbons (Fsp3) is 0.200. The zero-order chi connectivity index (χ0) is 11.7. The van der Waals surface area contributed by atoms with Crippen LogP contribution in [0.4, 0.5) is 5.82 Å². The number of nitrogens with zero attached hydrogens (tertiary/aromatic N) is 4. The minimum atomic E-state index is 0.461. The number of hydrogen-bond donors (Lipinski definition) is 1. The zero-order valence-electron chi connectivity index (χ0n) is 9.04. The molecule has 0 aromatic carbocycles. The van der Waals surface area contributed by atoms with Gasteiger partial charge in [-0.05, 0) is 18.4 Å². The van der Waals surface area contributed by atoms with Crippen LogP contribution in [0.3, 0.4) is 0 Å². The van der Waals surface area contributed by atoms with Crippen molar-refractivity contribution in [2.75, 3.05) is 5.32 Å². The molecule has 17 heavy (non-hydrogen) atoms. The number of hydrogen-bond acceptors (Lipinski definition) is 7. The molecule has 86 valence electrons. The highest BCUT2D eigenvalue weighted by Gasteiger charge is 2.06. The quantitative estimate of drug-likeness (QED) is 0.762. The Morgan fingerprint density at radius 1 is 1.41 bits per heavy atom. The van der Waals surface area contributed by atoms with E-state index < -0.39 is 0 Å². The molecule has 0 amide bonds. The maximum absolute atomic E-state index is 5.02. The standard InChI is InChI=1S/C10H9N5OS/c1-6-14-8(16-15-6)4-11-9-7-2-3-17-10(7)13-5-12-9/h2-3,5H,4H2,1H3,(H,11,12,13). The fourth-order valence-electron chi connectivity index (χ4n) is 1.50. The van der Waals surface area contributed by atoms with Gasteiger partial charge in [-0.3, -0.25) is 0 Å². The van der Waals surface area contributed by atoms with Crippen LogP contribution in [-0.2, 0) is 6.54 Å². The fourth-order valence-corrected chi connectivity index (χ4v) is 2.23. The predicted octanol–water partition coefficient (Wildman–Crippen LogP) is 1.99. The summed E-state index contributed by atoms with van der Waals surface area (Å²) in [5, 5.41) is 9.88. The zero-order valence-corrected chi connectivity index (χ0v) is 9.86. The van der Waals surface area contributed by atoms with Gasteiger partial charge in [0.15, 0.2) is 5.82 Å². The number of aromatic nitrogens is 4. The van der Waals surface area contributed by atoms with Crippen molar-refractivity contribution in [1.29, 1.82) is 0 Å². The molecule has 0 unspecified atom stereocenters. The topological polar surface area (TPSA) is 76.7 Å². The molecule has 3 aromatic rings. The molecule has 3 rings (SSSR count). The SMILES string of the molecule is Cc1noc(CNc2ncnc3sccc23)n1. The molecular formula is C10H9N5OS. The van der Waals surface area contributed by atoms with Crippen LogP contribution in [0, 0.1) is 6.92 Å². The van der Waals surface area contributed by atoms with E-state index in [9.17, 15) is 0 Å². The molecule has 3 aromatic heterocycles. The summed E-state index contributed by atoms with van der Waals surface area (Å²) in [7, 11) is 0. The third-order valence-electron chi connectivity index (χ3n) is 2.24. The summed E-state index contributed by atoms with van der Waals surface area (Å²) in [6.07, 6.45) is 1.54. The van der Waals surface area contributed by atoms with E-state index in [-0.39, 0.29) is 0 Å². The second kappa shape index (κ2) is 4.10. The molecular weight excluding hydrogens is 238 g/mol. The lowest BCUT2D eigenvalue weighted by Gasteiger charge is -2.02. The number of rotatable bonds is 3. The van der Waals surface area contributed by atoms with Gasteiger partial charge in [0.1, 0.15) is 17.0 Å². The van der Waals surface area contributed by atoms with Crippen LogP contribution in [0.1, 0.15) is 11.7 Å². The van der Waals surface area contributed by atoms with Crippen LogP contribution < -0.4 is 5.32 Å². The second-order valence-corrected chi connectivity index (χ2v) is 4.35. The van der Waals surface area contributed by atoms with E-state index in [1.54, 1.807) is 24.6 Å². The first-order valence-electron chi connectivity index (χ1n) is 5.04. The van der Waals surface area contributed by atoms with Gasteiger partial charge in [-0.1, -0.05) is 5.16 Å². The predicted molar refractivity (Wildman–Crippen MR) is 63.8 cm³/mol. The van der Waals surface area contributed by atoms with E-state index in [0.717, 1.165) is 16.0 Å². The van der Waals surface area contributed by atoms with Crippen LogP contribution in [0.15, 0.2) is 22.3 Å². The molecule has 0 bridgehead atoms. The molecule has 1 N–H and O–H groups in total. The summed E-state index contributed by atoms with van der Waals surface area (Å²) in [5.41, 5.74) is 0. The van der Waals surface area contributed by atoms with Gasteiger partial charge >= 0.3 is 0 Å². The number of aryl methyl sites for hydroxylation is 1. The second-order valence-electron chi connectivity index (χ2n) is 3.45. The molecule has 0 fully saturated rings. The Morgan fingerprint density at radius 2 is 2.35 bits per heavy atom. The van der Waals surface area contributed by atoms with Crippen molar-refractivity contribution < 1.29 is 4.52 Å². The van der Waals surface area contributed by atoms with Gasteiger partial charge in [-0.15, -0.1) is 11.3 Å². The molecule has 0 radical (unpaired) electrons. The van der Waals surface area contributed by atoms with E-state index in [2.05, 4.69) is 25.4 Å². The van der Waals surface area contributed by atoms with Crippen LogP contribution in [0.2, 0.25) is 0 Å².